The third kappa shape index (κ3) is 3.22. The summed E-state index contributed by atoms with van der Waals surface area (Å²) >= 11 is 0. The van der Waals surface area contributed by atoms with Gasteiger partial charge in [0.1, 0.15) is 5.54 Å². The molecule has 0 unspecified atom stereocenters. The monoisotopic (exact) mass is 430 g/mol. The van der Waals surface area contributed by atoms with E-state index in [2.05, 4.69) is 15.4 Å². The minimum absolute atomic E-state index is 0.199. The largest absolute Gasteiger partial charge is 0.337 e. The number of nitrogens with zero attached hydrogens (tertiary/aromatic N) is 5. The van der Waals surface area contributed by atoms with E-state index in [9.17, 15) is 14.4 Å². The van der Waals surface area contributed by atoms with Crippen LogP contribution in [0.15, 0.2) is 60.9 Å². The number of carbonyl (C=O) groups excluding carboxylic acids is 3. The molecule has 5 rings (SSSR count). The summed E-state index contributed by atoms with van der Waals surface area (Å²) in [6.07, 6.45) is 4.16. The van der Waals surface area contributed by atoms with Crippen molar-refractivity contribution < 1.29 is 14.4 Å². The first-order valence-corrected chi connectivity index (χ1v) is 10.4. The molecule has 0 atom stereocenters. The molecule has 162 valence electrons. The molecule has 2 fully saturated rings. The zero-order valence-corrected chi connectivity index (χ0v) is 17.6. The topological polar surface area (TPSA) is 100 Å². The first-order valence-electron chi connectivity index (χ1n) is 10.4. The Morgan fingerprint density at radius 2 is 1.72 bits per heavy atom. The molecular weight excluding hydrogens is 408 g/mol. The summed E-state index contributed by atoms with van der Waals surface area (Å²) in [4.78, 5) is 44.6. The van der Waals surface area contributed by atoms with E-state index in [0.29, 0.717) is 31.6 Å². The summed E-state index contributed by atoms with van der Waals surface area (Å²) < 4.78 is 1.75. The second-order valence-corrected chi connectivity index (χ2v) is 8.07. The predicted octanol–water partition coefficient (Wildman–Crippen LogP) is 2.09. The highest BCUT2D eigenvalue weighted by molar-refractivity contribution is 6.07. The fraction of sp³-hybridized carbons (Fsp3) is 0.261. The van der Waals surface area contributed by atoms with Crippen molar-refractivity contribution in [3.8, 4) is 16.9 Å². The minimum Gasteiger partial charge on any atom is -0.337 e. The number of likely N-dealkylation sites (N-methyl/N-ethyl adjacent to an activating group) is 1. The summed E-state index contributed by atoms with van der Waals surface area (Å²) in [5, 5.41) is 7.42. The molecule has 4 amide bonds. The summed E-state index contributed by atoms with van der Waals surface area (Å²) in [5.41, 5.74) is 1.95. The highest BCUT2D eigenvalue weighted by Gasteiger charge is 2.51. The standard InChI is InChI=1S/C23H22N6O3/c1-27-21(31)23(25-22(27)32)9-13-28(14-10-23)20(30)18-15-19(16-7-11-24-12-8-16)29(26-18)17-5-3-2-4-6-17/h2-8,11-12,15H,9-10,13-14H2,1H3,(H,25,32). The first kappa shape index (κ1) is 19.9. The number of amides is 4. The summed E-state index contributed by atoms with van der Waals surface area (Å²) in [5.74, 6) is -0.433. The van der Waals surface area contributed by atoms with Gasteiger partial charge in [0.25, 0.3) is 11.8 Å². The van der Waals surface area contributed by atoms with Gasteiger partial charge in [0.15, 0.2) is 5.69 Å². The van der Waals surface area contributed by atoms with Crippen molar-refractivity contribution in [2.24, 2.45) is 0 Å². The van der Waals surface area contributed by atoms with Crippen molar-refractivity contribution in [1.82, 2.24) is 29.9 Å². The average Bonchev–Trinajstić information content (AvgIpc) is 3.37. The Hall–Kier alpha value is -4.01. The number of nitrogens with one attached hydrogen (secondary N) is 1. The summed E-state index contributed by atoms with van der Waals surface area (Å²) in [6.45, 7) is 0.725. The number of urea groups is 1. The third-order valence-corrected chi connectivity index (χ3v) is 6.17. The molecule has 0 radical (unpaired) electrons. The maximum atomic E-state index is 13.3. The second kappa shape index (κ2) is 7.60. The van der Waals surface area contributed by atoms with Crippen LogP contribution >= 0.6 is 0 Å². The van der Waals surface area contributed by atoms with Gasteiger partial charge < -0.3 is 10.2 Å². The van der Waals surface area contributed by atoms with Gasteiger partial charge in [-0.15, -0.1) is 0 Å². The van der Waals surface area contributed by atoms with Crippen LogP contribution in [0.1, 0.15) is 23.3 Å². The van der Waals surface area contributed by atoms with Gasteiger partial charge in [-0.3, -0.25) is 19.5 Å². The lowest BCUT2D eigenvalue weighted by molar-refractivity contribution is -0.131. The SMILES string of the molecule is CN1C(=O)NC2(CCN(C(=O)c3cc(-c4ccncc4)n(-c4ccccc4)n3)CC2)C1=O. The van der Waals surface area contributed by atoms with Gasteiger partial charge in [-0.05, 0) is 43.2 Å². The van der Waals surface area contributed by atoms with Crippen LogP contribution in [0.5, 0.6) is 0 Å². The molecule has 2 aliphatic heterocycles. The molecular formula is C23H22N6O3. The molecule has 0 aliphatic carbocycles. The van der Waals surface area contributed by atoms with Crippen molar-refractivity contribution in [2.75, 3.05) is 20.1 Å². The lowest BCUT2D eigenvalue weighted by Gasteiger charge is -2.36. The summed E-state index contributed by atoms with van der Waals surface area (Å²) in [7, 11) is 1.47. The number of aromatic nitrogens is 3. The van der Waals surface area contributed by atoms with E-state index in [4.69, 9.17) is 0 Å². The van der Waals surface area contributed by atoms with E-state index in [-0.39, 0.29) is 11.8 Å². The molecule has 32 heavy (non-hydrogen) atoms. The number of hydrogen-bond acceptors (Lipinski definition) is 5. The van der Waals surface area contributed by atoms with Gasteiger partial charge in [0, 0.05) is 38.1 Å². The number of hydrogen-bond donors (Lipinski definition) is 1. The number of piperidine rings is 1. The van der Waals surface area contributed by atoms with Crippen LogP contribution in [0.3, 0.4) is 0 Å². The number of para-hydroxylation sites is 1. The molecule has 9 heteroatoms. The van der Waals surface area contributed by atoms with Gasteiger partial charge in [-0.2, -0.15) is 5.10 Å². The Labute approximate surface area is 184 Å². The van der Waals surface area contributed by atoms with Crippen LogP contribution in [0.2, 0.25) is 0 Å². The zero-order valence-electron chi connectivity index (χ0n) is 17.6. The molecule has 0 saturated carbocycles. The van der Waals surface area contributed by atoms with E-state index < -0.39 is 11.6 Å². The van der Waals surface area contributed by atoms with Crippen molar-refractivity contribution in [1.29, 1.82) is 0 Å². The predicted molar refractivity (Wildman–Crippen MR) is 116 cm³/mol. The molecule has 3 aromatic rings. The highest BCUT2D eigenvalue weighted by Crippen LogP contribution is 2.30. The minimum atomic E-state index is -0.909. The molecule has 2 aliphatic rings. The molecule has 1 N–H and O–H groups in total. The van der Waals surface area contributed by atoms with Crippen LogP contribution in [-0.4, -0.2) is 68.1 Å². The average molecular weight is 430 g/mol. The zero-order chi connectivity index (χ0) is 22.3. The molecule has 9 nitrogen and oxygen atoms in total. The number of pyridine rings is 1. The molecule has 2 saturated heterocycles. The van der Waals surface area contributed by atoms with Gasteiger partial charge >= 0.3 is 6.03 Å². The lowest BCUT2D eigenvalue weighted by atomic mass is 9.87. The van der Waals surface area contributed by atoms with Crippen molar-refractivity contribution in [3.05, 3.63) is 66.6 Å². The van der Waals surface area contributed by atoms with Crippen molar-refractivity contribution in [3.63, 3.8) is 0 Å². The van der Waals surface area contributed by atoms with E-state index in [1.807, 2.05) is 42.5 Å². The second-order valence-electron chi connectivity index (χ2n) is 8.07. The van der Waals surface area contributed by atoms with Crippen LogP contribution in [-0.2, 0) is 4.79 Å². The number of rotatable bonds is 3. The fourth-order valence-electron chi connectivity index (χ4n) is 4.33. The molecule has 0 bridgehead atoms. The molecule has 1 spiro atoms. The van der Waals surface area contributed by atoms with E-state index in [1.54, 1.807) is 28.0 Å². The number of carbonyl (C=O) groups is 3. The van der Waals surface area contributed by atoms with Crippen molar-refractivity contribution >= 4 is 17.8 Å². The van der Waals surface area contributed by atoms with Gasteiger partial charge in [0.05, 0.1) is 11.4 Å². The number of likely N-dealkylation sites (tertiary alicyclic amines) is 1. The van der Waals surface area contributed by atoms with Gasteiger partial charge in [0.2, 0.25) is 0 Å². The fourth-order valence-corrected chi connectivity index (χ4v) is 4.33. The highest BCUT2D eigenvalue weighted by atomic mass is 16.2. The normalized spacial score (nSPS) is 17.7. The smallest absolute Gasteiger partial charge is 0.324 e. The number of benzene rings is 1. The Kier molecular flexibility index (Phi) is 4.73. The first-order chi connectivity index (χ1) is 15.5. The van der Waals surface area contributed by atoms with E-state index in [0.717, 1.165) is 21.8 Å². The van der Waals surface area contributed by atoms with Gasteiger partial charge in [-0.25, -0.2) is 9.48 Å². The summed E-state index contributed by atoms with van der Waals surface area (Å²) in [6, 6.07) is 14.8. The lowest BCUT2D eigenvalue weighted by Crippen LogP contribution is -2.55. The molecule has 1 aromatic carbocycles. The van der Waals surface area contributed by atoms with Crippen molar-refractivity contribution in [2.45, 2.75) is 18.4 Å². The van der Waals surface area contributed by atoms with Gasteiger partial charge in [-0.1, -0.05) is 18.2 Å². The maximum Gasteiger partial charge on any atom is 0.324 e. The Balaban J connectivity index is 1.42. The maximum absolute atomic E-state index is 13.3. The van der Waals surface area contributed by atoms with E-state index >= 15 is 0 Å². The Morgan fingerprint density at radius 3 is 2.34 bits per heavy atom. The Bertz CT molecular complexity index is 1130. The molecule has 4 heterocycles. The Morgan fingerprint density at radius 1 is 1.03 bits per heavy atom. The number of imide groups is 1. The quantitative estimate of drug-likeness (QED) is 0.642. The molecule has 2 aromatic heterocycles. The third-order valence-electron chi connectivity index (χ3n) is 6.17. The van der Waals surface area contributed by atoms with Crippen LogP contribution in [0, 0.1) is 0 Å². The van der Waals surface area contributed by atoms with Crippen LogP contribution in [0.25, 0.3) is 16.9 Å². The van der Waals surface area contributed by atoms with Crippen LogP contribution in [0.4, 0.5) is 4.79 Å². The van der Waals surface area contributed by atoms with Crippen LogP contribution < -0.4 is 5.32 Å². The van der Waals surface area contributed by atoms with E-state index in [1.165, 1.54) is 7.05 Å².